The minimum atomic E-state index is -0.0731. The highest BCUT2D eigenvalue weighted by atomic mass is 79.9. The molecule has 1 rings (SSSR count). The predicted molar refractivity (Wildman–Crippen MR) is 65.8 cm³/mol. The first kappa shape index (κ1) is 12.0. The summed E-state index contributed by atoms with van der Waals surface area (Å²) in [4.78, 5) is 8.72. The summed E-state index contributed by atoms with van der Waals surface area (Å²) >= 11 is 3.35. The van der Waals surface area contributed by atoms with Crippen LogP contribution in [-0.2, 0) is 5.41 Å². The first-order chi connectivity index (χ1) is 6.93. The number of halogens is 1. The van der Waals surface area contributed by atoms with Crippen molar-refractivity contribution in [1.29, 1.82) is 0 Å². The van der Waals surface area contributed by atoms with Crippen molar-refractivity contribution in [2.75, 3.05) is 11.9 Å². The van der Waals surface area contributed by atoms with Crippen LogP contribution in [-0.4, -0.2) is 16.5 Å². The van der Waals surface area contributed by atoms with Crippen molar-refractivity contribution in [3.8, 4) is 12.3 Å². The Kier molecular flexibility index (Phi) is 3.70. The summed E-state index contributed by atoms with van der Waals surface area (Å²) in [5, 5.41) is 3.03. The van der Waals surface area contributed by atoms with Gasteiger partial charge in [-0.05, 0) is 15.9 Å². The van der Waals surface area contributed by atoms with Crippen LogP contribution in [0.1, 0.15) is 26.6 Å². The smallest absolute Gasteiger partial charge is 0.137 e. The van der Waals surface area contributed by atoms with Crippen LogP contribution in [0.5, 0.6) is 0 Å². The Hall–Kier alpha value is -1.08. The van der Waals surface area contributed by atoms with Gasteiger partial charge in [0.25, 0.3) is 0 Å². The van der Waals surface area contributed by atoms with Crippen LogP contribution in [0.15, 0.2) is 10.7 Å². The Balaban J connectivity index is 3.01. The maximum absolute atomic E-state index is 5.17. The SMILES string of the molecule is C#CCNc1cc(Br)nc(C(C)(C)C)n1. The van der Waals surface area contributed by atoms with Gasteiger partial charge in [-0.3, -0.25) is 0 Å². The molecule has 3 nitrogen and oxygen atoms in total. The summed E-state index contributed by atoms with van der Waals surface area (Å²) in [5.41, 5.74) is -0.0731. The summed E-state index contributed by atoms with van der Waals surface area (Å²) < 4.78 is 0.766. The number of terminal acetylenes is 1. The van der Waals surface area contributed by atoms with Crippen LogP contribution in [0.25, 0.3) is 0 Å². The van der Waals surface area contributed by atoms with Crippen LogP contribution in [0.3, 0.4) is 0 Å². The van der Waals surface area contributed by atoms with Gasteiger partial charge >= 0.3 is 0 Å². The average Bonchev–Trinajstić information content (AvgIpc) is 2.12. The molecule has 0 radical (unpaired) electrons. The summed E-state index contributed by atoms with van der Waals surface area (Å²) in [6.45, 7) is 6.67. The number of hydrogen-bond acceptors (Lipinski definition) is 3. The van der Waals surface area contributed by atoms with E-state index in [0.29, 0.717) is 6.54 Å². The third-order valence-corrected chi connectivity index (χ3v) is 2.14. The Morgan fingerprint density at radius 2 is 2.13 bits per heavy atom. The summed E-state index contributed by atoms with van der Waals surface area (Å²) in [6.07, 6.45) is 5.17. The van der Waals surface area contributed by atoms with Gasteiger partial charge in [-0.25, -0.2) is 9.97 Å². The van der Waals surface area contributed by atoms with Crippen molar-refractivity contribution in [1.82, 2.24) is 9.97 Å². The lowest BCUT2D eigenvalue weighted by Gasteiger charge is -2.17. The van der Waals surface area contributed by atoms with Gasteiger partial charge in [0.05, 0.1) is 6.54 Å². The van der Waals surface area contributed by atoms with Gasteiger partial charge in [-0.1, -0.05) is 26.7 Å². The molecule has 0 aliphatic heterocycles. The lowest BCUT2D eigenvalue weighted by atomic mass is 9.96. The Labute approximate surface area is 98.8 Å². The maximum atomic E-state index is 5.17. The Morgan fingerprint density at radius 3 is 2.67 bits per heavy atom. The minimum Gasteiger partial charge on any atom is -0.359 e. The number of rotatable bonds is 2. The first-order valence-electron chi connectivity index (χ1n) is 4.66. The predicted octanol–water partition coefficient (Wildman–Crippen LogP) is 2.58. The van der Waals surface area contributed by atoms with Gasteiger partial charge < -0.3 is 5.32 Å². The molecule has 1 heterocycles. The normalized spacial score (nSPS) is 10.9. The van der Waals surface area contributed by atoms with E-state index in [9.17, 15) is 0 Å². The molecule has 0 aliphatic rings. The molecule has 15 heavy (non-hydrogen) atoms. The molecular weight excluding hydrogens is 254 g/mol. The molecule has 0 atom stereocenters. The average molecular weight is 268 g/mol. The third-order valence-electron chi connectivity index (χ3n) is 1.74. The van der Waals surface area contributed by atoms with E-state index in [1.54, 1.807) is 0 Å². The van der Waals surface area contributed by atoms with Crippen LogP contribution in [0.4, 0.5) is 5.82 Å². The second kappa shape index (κ2) is 4.63. The monoisotopic (exact) mass is 267 g/mol. The van der Waals surface area contributed by atoms with Gasteiger partial charge in [0.2, 0.25) is 0 Å². The van der Waals surface area contributed by atoms with Crippen molar-refractivity contribution >= 4 is 21.7 Å². The second-order valence-electron chi connectivity index (χ2n) is 4.21. The zero-order valence-electron chi connectivity index (χ0n) is 9.13. The van der Waals surface area contributed by atoms with Crippen LogP contribution in [0.2, 0.25) is 0 Å². The van der Waals surface area contributed by atoms with E-state index < -0.39 is 0 Å². The molecule has 0 saturated heterocycles. The fourth-order valence-corrected chi connectivity index (χ4v) is 1.37. The first-order valence-corrected chi connectivity index (χ1v) is 5.45. The number of aromatic nitrogens is 2. The van der Waals surface area contributed by atoms with Gasteiger partial charge in [0, 0.05) is 11.5 Å². The number of nitrogens with zero attached hydrogens (tertiary/aromatic N) is 2. The van der Waals surface area contributed by atoms with E-state index in [0.717, 1.165) is 16.2 Å². The summed E-state index contributed by atoms with van der Waals surface area (Å²) in [7, 11) is 0. The van der Waals surface area contributed by atoms with Crippen molar-refractivity contribution in [3.05, 3.63) is 16.5 Å². The molecule has 0 unspecified atom stereocenters. The molecule has 1 aromatic rings. The van der Waals surface area contributed by atoms with E-state index in [2.05, 4.69) is 57.9 Å². The molecule has 1 aromatic heterocycles. The Morgan fingerprint density at radius 1 is 1.47 bits per heavy atom. The fourth-order valence-electron chi connectivity index (χ4n) is 0.985. The molecule has 0 spiro atoms. The van der Waals surface area contributed by atoms with Crippen molar-refractivity contribution in [2.45, 2.75) is 26.2 Å². The largest absolute Gasteiger partial charge is 0.359 e. The summed E-state index contributed by atoms with van der Waals surface area (Å²) in [5.74, 6) is 4.05. The van der Waals surface area contributed by atoms with E-state index in [1.165, 1.54) is 0 Å². The second-order valence-corrected chi connectivity index (χ2v) is 5.02. The molecule has 0 fully saturated rings. The van der Waals surface area contributed by atoms with Crippen LogP contribution >= 0.6 is 15.9 Å². The van der Waals surface area contributed by atoms with E-state index in [1.807, 2.05) is 6.07 Å². The lowest BCUT2D eigenvalue weighted by Crippen LogP contribution is -2.17. The molecule has 0 bridgehead atoms. The minimum absolute atomic E-state index is 0.0731. The van der Waals surface area contributed by atoms with E-state index in [-0.39, 0.29) is 5.41 Å². The van der Waals surface area contributed by atoms with Crippen LogP contribution < -0.4 is 5.32 Å². The van der Waals surface area contributed by atoms with Crippen LogP contribution in [0, 0.1) is 12.3 Å². The van der Waals surface area contributed by atoms with Gasteiger partial charge in [0.1, 0.15) is 16.2 Å². The summed E-state index contributed by atoms with van der Waals surface area (Å²) in [6, 6.07) is 1.81. The highest BCUT2D eigenvalue weighted by molar-refractivity contribution is 9.10. The molecular formula is C11H14BrN3. The standard InChI is InChI=1S/C11H14BrN3/c1-5-6-13-9-7-8(12)14-10(15-9)11(2,3)4/h1,7H,6H2,2-4H3,(H,13,14,15). The lowest BCUT2D eigenvalue weighted by molar-refractivity contribution is 0.544. The van der Waals surface area contributed by atoms with E-state index >= 15 is 0 Å². The Bertz CT molecular complexity index is 388. The topological polar surface area (TPSA) is 37.8 Å². The third kappa shape index (κ3) is 3.52. The van der Waals surface area contributed by atoms with E-state index in [4.69, 9.17) is 6.42 Å². The molecule has 0 aliphatic carbocycles. The maximum Gasteiger partial charge on any atom is 0.137 e. The highest BCUT2D eigenvalue weighted by Crippen LogP contribution is 2.22. The van der Waals surface area contributed by atoms with Gasteiger partial charge in [-0.2, -0.15) is 0 Å². The molecule has 1 N–H and O–H groups in total. The van der Waals surface area contributed by atoms with Crippen molar-refractivity contribution in [2.24, 2.45) is 0 Å². The zero-order valence-corrected chi connectivity index (χ0v) is 10.7. The number of anilines is 1. The molecule has 0 amide bonds. The zero-order chi connectivity index (χ0) is 11.5. The van der Waals surface area contributed by atoms with Crippen molar-refractivity contribution < 1.29 is 0 Å². The molecule has 0 aromatic carbocycles. The van der Waals surface area contributed by atoms with Crippen molar-refractivity contribution in [3.63, 3.8) is 0 Å². The quantitative estimate of drug-likeness (QED) is 0.661. The number of hydrogen-bond donors (Lipinski definition) is 1. The number of nitrogens with one attached hydrogen (secondary N) is 1. The van der Waals surface area contributed by atoms with Gasteiger partial charge in [0.15, 0.2) is 0 Å². The molecule has 80 valence electrons. The van der Waals surface area contributed by atoms with Gasteiger partial charge in [-0.15, -0.1) is 6.42 Å². The molecule has 4 heteroatoms. The fraction of sp³-hybridized carbons (Fsp3) is 0.455. The highest BCUT2D eigenvalue weighted by Gasteiger charge is 2.18. The molecule has 0 saturated carbocycles.